The van der Waals surface area contributed by atoms with E-state index in [0.29, 0.717) is 5.70 Å². The Labute approximate surface area is 41.5 Å². The van der Waals surface area contributed by atoms with Gasteiger partial charge in [-0.05, 0) is 6.92 Å². The second-order valence-corrected chi connectivity index (χ2v) is 1.18. The van der Waals surface area contributed by atoms with E-state index >= 15 is 0 Å². The van der Waals surface area contributed by atoms with Crippen LogP contribution >= 0.6 is 0 Å². The number of allylic oxidation sites excluding steroid dienone is 1. The van der Waals surface area contributed by atoms with Crippen LogP contribution < -0.4 is 10.6 Å². The van der Waals surface area contributed by atoms with Gasteiger partial charge in [0.05, 0.1) is 9.36 Å². The summed E-state index contributed by atoms with van der Waals surface area (Å²) in [5, 5.41) is 3.23. The molecule has 0 aromatic carbocycles. The third kappa shape index (κ3) is 0.455. The molecule has 0 amide bonds. The predicted molar refractivity (Wildman–Crippen MR) is 24.9 cm³/mol. The fraction of sp³-hybridized carbons (Fsp3) is 0.500. The van der Waals surface area contributed by atoms with Crippen molar-refractivity contribution in [3.63, 3.8) is 0 Å². The summed E-state index contributed by atoms with van der Waals surface area (Å²) >= 11 is 0. The molecular weight excluding hydrogens is 76.1 g/mol. The highest BCUT2D eigenvalue weighted by Gasteiger charge is 1.89. The van der Waals surface area contributed by atoms with Crippen molar-refractivity contribution in [2.24, 2.45) is 0 Å². The van der Waals surface area contributed by atoms with Gasteiger partial charge in [-0.1, -0.05) is 0 Å². The van der Waals surface area contributed by atoms with E-state index in [9.17, 15) is 0 Å². The smallest absolute Gasteiger partial charge is 0.161 e. The maximum atomic E-state index is 7.06. The Morgan fingerprint density at radius 2 is 3.17 bits per heavy atom. The molecule has 0 aromatic rings. The lowest BCUT2D eigenvalue weighted by Crippen LogP contribution is -2.12. The van der Waals surface area contributed by atoms with Crippen LogP contribution in [0.3, 0.4) is 0 Å². The summed E-state index contributed by atoms with van der Waals surface area (Å²) in [6.07, 6.45) is 1.40. The molecule has 0 spiro atoms. The van der Waals surface area contributed by atoms with E-state index in [1.54, 1.807) is 6.92 Å². The fourth-order valence-corrected chi connectivity index (χ4v) is 0.282. The van der Waals surface area contributed by atoms with Gasteiger partial charge in [-0.25, -0.2) is 0 Å². The minimum absolute atomic E-state index is 0.676. The number of hydrogen-bond donors (Lipinski definition) is 2. The second kappa shape index (κ2) is 1.20. The van der Waals surface area contributed by atoms with Gasteiger partial charge in [-0.2, -0.15) is 0 Å². The summed E-state index contributed by atoms with van der Waals surface area (Å²) in [6.45, 7) is -0.00352. The zero-order valence-corrected chi connectivity index (χ0v) is 3.52. The Kier molecular flexibility index (Phi) is 0.290. The van der Waals surface area contributed by atoms with Crippen molar-refractivity contribution in [3.8, 4) is 0 Å². The average molecular weight is 87.1 g/mol. The Bertz CT molecular complexity index is 154. The van der Waals surface area contributed by atoms with Crippen LogP contribution in [0.4, 0.5) is 0 Å². The highest BCUT2D eigenvalue weighted by molar-refractivity contribution is 4.98. The third-order valence-electron chi connectivity index (χ3n) is 0.576. The minimum atomic E-state index is -1.72. The van der Waals surface area contributed by atoms with Crippen molar-refractivity contribution in [2.75, 3.05) is 6.62 Å². The first kappa shape index (κ1) is 1.45. The van der Waals surface area contributed by atoms with E-state index in [-0.39, 0.29) is 0 Å². The molecule has 0 fully saturated rings. The summed E-state index contributed by atoms with van der Waals surface area (Å²) in [4.78, 5) is 0. The highest BCUT2D eigenvalue weighted by Crippen LogP contribution is 1.85. The molecule has 0 unspecified atom stereocenters. The van der Waals surface area contributed by atoms with Gasteiger partial charge >= 0.3 is 0 Å². The van der Waals surface area contributed by atoms with Gasteiger partial charge in [-0.15, -0.1) is 0 Å². The lowest BCUT2D eigenvalue weighted by molar-refractivity contribution is 0.813. The highest BCUT2D eigenvalue weighted by atomic mass is 15.1. The van der Waals surface area contributed by atoms with Crippen LogP contribution in [-0.2, 0) is 0 Å². The third-order valence-corrected chi connectivity index (χ3v) is 0.576. The average Bonchev–Trinajstić information content (AvgIpc) is 1.79. The van der Waals surface area contributed by atoms with E-state index in [2.05, 4.69) is 5.32 Å². The maximum Gasteiger partial charge on any atom is 0.161 e. The first-order chi connectivity index (χ1) is 4.02. The zero-order valence-electron chi connectivity index (χ0n) is 6.52. The lowest BCUT2D eigenvalue weighted by Gasteiger charge is -1.88. The van der Waals surface area contributed by atoms with Crippen LogP contribution in [0, 0.1) is 0 Å². The molecule has 1 rings (SSSR count). The van der Waals surface area contributed by atoms with Crippen LogP contribution in [0.5, 0.6) is 0 Å². The summed E-state index contributed by atoms with van der Waals surface area (Å²) in [5.41, 5.74) is 0.676. The number of hydrogen-bond acceptors (Lipinski definition) is 2. The van der Waals surface area contributed by atoms with Crippen LogP contribution in [0.25, 0.3) is 0 Å². The molecular formula is C4H8N2. The molecule has 0 atom stereocenters. The fourth-order valence-electron chi connectivity index (χ4n) is 0.282. The van der Waals surface area contributed by atoms with Crippen molar-refractivity contribution < 1.29 is 4.15 Å². The van der Waals surface area contributed by atoms with Gasteiger partial charge in [-0.3, -0.25) is 0 Å². The molecule has 0 saturated carbocycles. The number of nitrogens with one attached hydrogen (secondary N) is 2. The molecule has 2 N–H and O–H groups in total. The molecule has 1 heterocycles. The van der Waals surface area contributed by atoms with Crippen LogP contribution in [0.15, 0.2) is 11.9 Å². The first-order valence-electron chi connectivity index (χ1n) is 3.22. The van der Waals surface area contributed by atoms with Crippen LogP contribution in [0.1, 0.15) is 9.67 Å². The summed E-state index contributed by atoms with van der Waals surface area (Å²) < 4.78 is 21.1. The molecule has 34 valence electrons. The Morgan fingerprint density at radius 3 is 3.33 bits per heavy atom. The quantitative estimate of drug-likeness (QED) is 0.434. The zero-order chi connectivity index (χ0) is 7.07. The minimum Gasteiger partial charge on any atom is -0.372 e. The summed E-state index contributed by atoms with van der Waals surface area (Å²) in [7, 11) is 0. The van der Waals surface area contributed by atoms with Crippen LogP contribution in [-0.4, -0.2) is 6.62 Å². The molecule has 0 radical (unpaired) electrons. The van der Waals surface area contributed by atoms with Gasteiger partial charge in [0.2, 0.25) is 0 Å². The van der Waals surface area contributed by atoms with Crippen molar-refractivity contribution >= 4 is 0 Å². The number of rotatable bonds is 0. The molecule has 0 bridgehead atoms. The maximum absolute atomic E-state index is 7.06. The monoisotopic (exact) mass is 87.1 g/mol. The topological polar surface area (TPSA) is 24.1 Å². The van der Waals surface area contributed by atoms with E-state index < -0.39 is 6.62 Å². The van der Waals surface area contributed by atoms with Crippen molar-refractivity contribution in [1.29, 1.82) is 0 Å². The predicted octanol–water partition coefficient (Wildman–Crippen LogP) is -0.00200. The van der Waals surface area contributed by atoms with Gasteiger partial charge in [0, 0.05) is 11.9 Å². The molecule has 2 nitrogen and oxygen atoms in total. The largest absolute Gasteiger partial charge is 0.372 e. The first-order valence-corrected chi connectivity index (χ1v) is 1.77. The Balaban J connectivity index is 2.71. The summed E-state index contributed by atoms with van der Waals surface area (Å²) in [5.74, 6) is 0. The Hall–Kier alpha value is -0.660. The SMILES string of the molecule is [2H]N1C=C(C)NC1([2H])[2H]. The molecule has 0 aliphatic carbocycles. The lowest BCUT2D eigenvalue weighted by atomic mass is 10.6. The van der Waals surface area contributed by atoms with E-state index in [0.717, 1.165) is 5.31 Å². The molecule has 0 saturated heterocycles. The van der Waals surface area contributed by atoms with Crippen molar-refractivity contribution in [3.05, 3.63) is 11.9 Å². The summed E-state index contributed by atoms with van der Waals surface area (Å²) in [6, 6.07) is 0. The van der Waals surface area contributed by atoms with E-state index in [1.165, 1.54) is 6.20 Å². The van der Waals surface area contributed by atoms with Gasteiger partial charge in [0.1, 0.15) is 0 Å². The Morgan fingerprint density at radius 1 is 2.33 bits per heavy atom. The van der Waals surface area contributed by atoms with Crippen molar-refractivity contribution in [2.45, 2.75) is 6.92 Å². The van der Waals surface area contributed by atoms with Gasteiger partial charge in [0.15, 0.2) is 1.41 Å². The van der Waals surface area contributed by atoms with E-state index in [1.807, 2.05) is 0 Å². The standard InChI is InChI=1S/C4H8N2/c1-4-2-5-3-6-4/h2,5-6H,3H2,1H3/i3D2/hD. The molecule has 6 heavy (non-hydrogen) atoms. The molecule has 1 aliphatic heterocycles. The van der Waals surface area contributed by atoms with Crippen LogP contribution in [0.2, 0.25) is 1.41 Å². The normalized spacial score (nSPS) is 35.8. The molecule has 0 aromatic heterocycles. The van der Waals surface area contributed by atoms with Gasteiger partial charge < -0.3 is 10.6 Å². The second-order valence-electron chi connectivity index (χ2n) is 1.18. The van der Waals surface area contributed by atoms with Gasteiger partial charge in [0.25, 0.3) is 0 Å². The molecule has 1 aliphatic rings. The van der Waals surface area contributed by atoms with Crippen molar-refractivity contribution in [1.82, 2.24) is 10.6 Å². The molecule has 2 heteroatoms. The van der Waals surface area contributed by atoms with E-state index in [4.69, 9.17) is 4.15 Å².